The maximum absolute atomic E-state index is 9.08. The lowest BCUT2D eigenvalue weighted by molar-refractivity contribution is 0.198. The van der Waals surface area contributed by atoms with E-state index in [1.807, 2.05) is 0 Å². The first-order chi connectivity index (χ1) is 4.81. The van der Waals surface area contributed by atoms with Gasteiger partial charge in [-0.2, -0.15) is 0 Å². The Morgan fingerprint density at radius 2 is 2.20 bits per heavy atom. The number of unbranched alkanes of at least 4 members (excludes halogenated alkanes) is 1. The van der Waals surface area contributed by atoms with Gasteiger partial charge in [-0.25, -0.2) is 0 Å². The van der Waals surface area contributed by atoms with Gasteiger partial charge in [-0.1, -0.05) is 13.3 Å². The molecule has 0 saturated heterocycles. The van der Waals surface area contributed by atoms with Gasteiger partial charge in [0.05, 0.1) is 0 Å². The van der Waals surface area contributed by atoms with Gasteiger partial charge in [0, 0.05) is 13.0 Å². The third kappa shape index (κ3) is 6.39. The van der Waals surface area contributed by atoms with Crippen LogP contribution in [0.5, 0.6) is 0 Å². The predicted molar refractivity (Wildman–Crippen MR) is 45.1 cm³/mol. The van der Waals surface area contributed by atoms with Gasteiger partial charge in [-0.15, -0.1) is 11.8 Å². The molecular formula is C7H16O2S. The zero-order valence-corrected chi connectivity index (χ0v) is 7.23. The largest absolute Gasteiger partial charge is 0.396 e. The van der Waals surface area contributed by atoms with E-state index < -0.39 is 0 Å². The Morgan fingerprint density at radius 1 is 1.50 bits per heavy atom. The number of hydrogen-bond donors (Lipinski definition) is 2. The third-order valence-electron chi connectivity index (χ3n) is 1.18. The van der Waals surface area contributed by atoms with Gasteiger partial charge in [-0.3, -0.25) is 0 Å². The first-order valence-corrected chi connectivity index (χ1v) is 4.76. The first-order valence-electron chi connectivity index (χ1n) is 3.71. The molecule has 0 saturated carbocycles. The molecule has 62 valence electrons. The van der Waals surface area contributed by atoms with Gasteiger partial charge >= 0.3 is 0 Å². The van der Waals surface area contributed by atoms with Crippen LogP contribution in [0.1, 0.15) is 26.2 Å². The summed E-state index contributed by atoms with van der Waals surface area (Å²) in [6.45, 7) is 2.21. The van der Waals surface area contributed by atoms with Crippen LogP contribution < -0.4 is 0 Å². The number of aliphatic hydroxyl groups is 2. The summed E-state index contributed by atoms with van der Waals surface area (Å²) in [6, 6.07) is 0. The Balaban J connectivity index is 2.97. The van der Waals surface area contributed by atoms with E-state index in [9.17, 15) is 0 Å². The van der Waals surface area contributed by atoms with Gasteiger partial charge in [0.2, 0.25) is 0 Å². The van der Waals surface area contributed by atoms with Crippen molar-refractivity contribution in [1.29, 1.82) is 0 Å². The van der Waals surface area contributed by atoms with E-state index >= 15 is 0 Å². The molecule has 0 amide bonds. The molecular weight excluding hydrogens is 148 g/mol. The Morgan fingerprint density at radius 3 is 2.70 bits per heavy atom. The highest BCUT2D eigenvalue weighted by Gasteiger charge is 2.01. The van der Waals surface area contributed by atoms with Crippen molar-refractivity contribution in [2.45, 2.75) is 31.6 Å². The van der Waals surface area contributed by atoms with E-state index in [0.29, 0.717) is 6.42 Å². The molecule has 10 heavy (non-hydrogen) atoms. The van der Waals surface area contributed by atoms with E-state index in [0.717, 1.165) is 12.2 Å². The third-order valence-corrected chi connectivity index (χ3v) is 2.33. The topological polar surface area (TPSA) is 40.5 Å². The maximum atomic E-state index is 9.08. The molecule has 2 N–H and O–H groups in total. The highest BCUT2D eigenvalue weighted by atomic mass is 32.2. The van der Waals surface area contributed by atoms with Crippen molar-refractivity contribution >= 4 is 11.8 Å². The minimum atomic E-state index is -0.364. The zero-order chi connectivity index (χ0) is 7.82. The normalized spacial score (nSPS) is 13.5. The van der Waals surface area contributed by atoms with Gasteiger partial charge in [0.25, 0.3) is 0 Å². The van der Waals surface area contributed by atoms with Crippen LogP contribution in [-0.2, 0) is 0 Å². The molecule has 0 aliphatic heterocycles. The molecule has 0 aromatic heterocycles. The molecule has 0 aromatic rings. The second-order valence-electron chi connectivity index (χ2n) is 2.19. The van der Waals surface area contributed by atoms with Crippen LogP contribution in [0.4, 0.5) is 0 Å². The monoisotopic (exact) mass is 164 g/mol. The summed E-state index contributed by atoms with van der Waals surface area (Å²) in [7, 11) is 0. The van der Waals surface area contributed by atoms with E-state index in [2.05, 4.69) is 6.92 Å². The molecule has 0 rings (SSSR count). The Labute approximate surface area is 66.6 Å². The van der Waals surface area contributed by atoms with Gasteiger partial charge in [-0.05, 0) is 12.2 Å². The van der Waals surface area contributed by atoms with E-state index in [-0.39, 0.29) is 12.0 Å². The second-order valence-corrected chi connectivity index (χ2v) is 3.48. The van der Waals surface area contributed by atoms with Gasteiger partial charge < -0.3 is 10.2 Å². The molecule has 0 fully saturated rings. The molecule has 3 heteroatoms. The van der Waals surface area contributed by atoms with Crippen molar-refractivity contribution < 1.29 is 10.2 Å². The van der Waals surface area contributed by atoms with E-state index in [1.165, 1.54) is 18.2 Å². The lowest BCUT2D eigenvalue weighted by Gasteiger charge is -2.06. The highest BCUT2D eigenvalue weighted by Crippen LogP contribution is 2.12. The average molecular weight is 164 g/mol. The molecule has 0 aliphatic rings. The summed E-state index contributed by atoms with van der Waals surface area (Å²) >= 11 is 1.52. The van der Waals surface area contributed by atoms with Gasteiger partial charge in [0.15, 0.2) is 0 Å². The fraction of sp³-hybridized carbons (Fsp3) is 1.00. The molecule has 0 aliphatic carbocycles. The summed E-state index contributed by atoms with van der Waals surface area (Å²) in [6.07, 6.45) is 2.81. The van der Waals surface area contributed by atoms with Crippen molar-refractivity contribution in [2.75, 3.05) is 12.4 Å². The van der Waals surface area contributed by atoms with Crippen molar-refractivity contribution in [1.82, 2.24) is 0 Å². The van der Waals surface area contributed by atoms with Crippen LogP contribution in [0.2, 0.25) is 0 Å². The van der Waals surface area contributed by atoms with Crippen LogP contribution in [0, 0.1) is 0 Å². The van der Waals surface area contributed by atoms with Crippen molar-refractivity contribution in [3.05, 3.63) is 0 Å². The number of aliphatic hydroxyl groups excluding tert-OH is 2. The SMILES string of the molecule is CCCCSC(O)CCO. The molecule has 0 aromatic carbocycles. The quantitative estimate of drug-likeness (QED) is 0.458. The summed E-state index contributed by atoms with van der Waals surface area (Å²) in [5.41, 5.74) is -0.364. The molecule has 0 heterocycles. The predicted octanol–water partition coefficient (Wildman–Crippen LogP) is 1.22. The summed E-state index contributed by atoms with van der Waals surface area (Å²) in [5.74, 6) is 0.998. The molecule has 1 unspecified atom stereocenters. The minimum Gasteiger partial charge on any atom is -0.396 e. The van der Waals surface area contributed by atoms with Crippen LogP contribution in [0.3, 0.4) is 0 Å². The number of thioether (sulfide) groups is 1. The summed E-state index contributed by atoms with van der Waals surface area (Å²) < 4.78 is 0. The summed E-state index contributed by atoms with van der Waals surface area (Å²) in [4.78, 5) is 0. The summed E-state index contributed by atoms with van der Waals surface area (Å²) in [5, 5.41) is 17.5. The minimum absolute atomic E-state index is 0.0836. The van der Waals surface area contributed by atoms with Crippen LogP contribution in [-0.4, -0.2) is 28.0 Å². The van der Waals surface area contributed by atoms with Crippen LogP contribution >= 0.6 is 11.8 Å². The van der Waals surface area contributed by atoms with Crippen molar-refractivity contribution in [2.24, 2.45) is 0 Å². The van der Waals surface area contributed by atoms with Crippen molar-refractivity contribution in [3.8, 4) is 0 Å². The Hall–Kier alpha value is 0.270. The standard InChI is InChI=1S/C7H16O2S/c1-2-3-6-10-7(9)4-5-8/h7-9H,2-6H2,1H3. The lowest BCUT2D eigenvalue weighted by atomic mass is 10.4. The van der Waals surface area contributed by atoms with Crippen molar-refractivity contribution in [3.63, 3.8) is 0 Å². The second kappa shape index (κ2) is 7.38. The first kappa shape index (κ1) is 10.3. The Bertz CT molecular complexity index is 68.6. The fourth-order valence-electron chi connectivity index (χ4n) is 0.557. The Kier molecular flexibility index (Phi) is 7.58. The molecule has 1 atom stereocenters. The zero-order valence-electron chi connectivity index (χ0n) is 6.42. The molecule has 0 radical (unpaired) electrons. The fourth-order valence-corrected chi connectivity index (χ4v) is 1.56. The van der Waals surface area contributed by atoms with Gasteiger partial charge in [0.1, 0.15) is 5.44 Å². The highest BCUT2D eigenvalue weighted by molar-refractivity contribution is 7.99. The lowest BCUT2D eigenvalue weighted by Crippen LogP contribution is -2.04. The van der Waals surface area contributed by atoms with E-state index in [4.69, 9.17) is 10.2 Å². The molecule has 0 spiro atoms. The smallest absolute Gasteiger partial charge is 0.101 e. The van der Waals surface area contributed by atoms with Crippen LogP contribution in [0.15, 0.2) is 0 Å². The number of rotatable bonds is 6. The maximum Gasteiger partial charge on any atom is 0.101 e. The number of hydrogen-bond acceptors (Lipinski definition) is 3. The molecule has 0 bridgehead atoms. The van der Waals surface area contributed by atoms with E-state index in [1.54, 1.807) is 0 Å². The average Bonchev–Trinajstić information content (AvgIpc) is 1.89. The molecule has 2 nitrogen and oxygen atoms in total. The van der Waals surface area contributed by atoms with Crippen LogP contribution in [0.25, 0.3) is 0 Å².